The standard InChI is InChI=1S/C13H18ClNO2/c1-8-5-13(17-2)10(6-11(8)14)12(16)7-15-9-3-4-9/h5-6,9,12,15-16H,3-4,7H2,1-2H3. The molecule has 1 saturated carbocycles. The molecule has 1 unspecified atom stereocenters. The van der Waals surface area contributed by atoms with Crippen LogP contribution in [0.3, 0.4) is 0 Å². The molecule has 1 aromatic carbocycles. The van der Waals surface area contributed by atoms with Crippen molar-refractivity contribution in [2.75, 3.05) is 13.7 Å². The van der Waals surface area contributed by atoms with E-state index in [0.717, 1.165) is 11.1 Å². The van der Waals surface area contributed by atoms with E-state index in [-0.39, 0.29) is 0 Å². The van der Waals surface area contributed by atoms with Crippen LogP contribution in [0.4, 0.5) is 0 Å². The van der Waals surface area contributed by atoms with Gasteiger partial charge in [0, 0.05) is 23.2 Å². The molecule has 0 spiro atoms. The second-order valence-electron chi connectivity index (χ2n) is 4.54. The van der Waals surface area contributed by atoms with Crippen molar-refractivity contribution in [1.29, 1.82) is 0 Å². The van der Waals surface area contributed by atoms with Gasteiger partial charge in [-0.25, -0.2) is 0 Å². The van der Waals surface area contributed by atoms with Crippen LogP contribution in [0, 0.1) is 6.92 Å². The third kappa shape index (κ3) is 3.12. The zero-order valence-electron chi connectivity index (χ0n) is 10.2. The number of benzene rings is 1. The summed E-state index contributed by atoms with van der Waals surface area (Å²) in [6.45, 7) is 2.46. The fourth-order valence-corrected chi connectivity index (χ4v) is 1.96. The number of aliphatic hydroxyl groups excluding tert-OH is 1. The average Bonchev–Trinajstić information content (AvgIpc) is 3.13. The molecule has 0 bridgehead atoms. The fourth-order valence-electron chi connectivity index (χ4n) is 1.78. The Morgan fingerprint density at radius 2 is 2.24 bits per heavy atom. The molecule has 1 aliphatic carbocycles. The Balaban J connectivity index is 2.13. The molecule has 2 N–H and O–H groups in total. The van der Waals surface area contributed by atoms with Crippen LogP contribution >= 0.6 is 11.6 Å². The van der Waals surface area contributed by atoms with Gasteiger partial charge in [0.1, 0.15) is 5.75 Å². The Morgan fingerprint density at radius 3 is 2.82 bits per heavy atom. The summed E-state index contributed by atoms with van der Waals surface area (Å²) >= 11 is 6.07. The van der Waals surface area contributed by atoms with Gasteiger partial charge in [0.05, 0.1) is 13.2 Å². The van der Waals surface area contributed by atoms with Gasteiger partial charge in [-0.05, 0) is 37.5 Å². The van der Waals surface area contributed by atoms with Gasteiger partial charge in [-0.3, -0.25) is 0 Å². The highest BCUT2D eigenvalue weighted by Crippen LogP contribution is 2.31. The number of hydrogen-bond donors (Lipinski definition) is 2. The quantitative estimate of drug-likeness (QED) is 0.849. The van der Waals surface area contributed by atoms with Gasteiger partial charge in [0.15, 0.2) is 0 Å². The van der Waals surface area contributed by atoms with Gasteiger partial charge in [-0.15, -0.1) is 0 Å². The molecule has 1 aromatic rings. The summed E-state index contributed by atoms with van der Waals surface area (Å²) in [5.41, 5.74) is 1.70. The molecule has 1 fully saturated rings. The molecule has 0 heterocycles. The van der Waals surface area contributed by atoms with Gasteiger partial charge in [-0.1, -0.05) is 11.6 Å². The van der Waals surface area contributed by atoms with E-state index < -0.39 is 6.10 Å². The van der Waals surface area contributed by atoms with E-state index in [9.17, 15) is 5.11 Å². The highest BCUT2D eigenvalue weighted by molar-refractivity contribution is 6.31. The second kappa shape index (κ2) is 5.25. The minimum Gasteiger partial charge on any atom is -0.496 e. The van der Waals surface area contributed by atoms with Crippen LogP contribution in [0.15, 0.2) is 12.1 Å². The molecular weight excluding hydrogens is 238 g/mol. The van der Waals surface area contributed by atoms with Gasteiger partial charge in [0.25, 0.3) is 0 Å². The second-order valence-corrected chi connectivity index (χ2v) is 4.95. The van der Waals surface area contributed by atoms with Crippen LogP contribution in [0.2, 0.25) is 5.02 Å². The molecule has 0 amide bonds. The Labute approximate surface area is 107 Å². The van der Waals surface area contributed by atoms with Crippen LogP contribution in [-0.4, -0.2) is 24.8 Å². The molecule has 1 atom stereocenters. The summed E-state index contributed by atoms with van der Waals surface area (Å²) < 4.78 is 5.28. The Bertz CT molecular complexity index is 405. The maximum Gasteiger partial charge on any atom is 0.125 e. The van der Waals surface area contributed by atoms with Crippen molar-refractivity contribution in [1.82, 2.24) is 5.32 Å². The number of methoxy groups -OCH3 is 1. The van der Waals surface area contributed by atoms with E-state index in [2.05, 4.69) is 5.32 Å². The predicted octanol–water partition coefficient (Wildman–Crippen LogP) is 2.44. The van der Waals surface area contributed by atoms with Gasteiger partial charge in [-0.2, -0.15) is 0 Å². The topological polar surface area (TPSA) is 41.5 Å². The van der Waals surface area contributed by atoms with Crippen molar-refractivity contribution in [2.45, 2.75) is 31.9 Å². The summed E-state index contributed by atoms with van der Waals surface area (Å²) in [5, 5.41) is 14.1. The van der Waals surface area contributed by atoms with Crippen LogP contribution in [0.1, 0.15) is 30.1 Å². The zero-order chi connectivity index (χ0) is 12.4. The number of nitrogens with one attached hydrogen (secondary N) is 1. The summed E-state index contributed by atoms with van der Waals surface area (Å²) in [5.74, 6) is 0.692. The summed E-state index contributed by atoms with van der Waals surface area (Å²) in [6.07, 6.45) is 1.83. The van der Waals surface area contributed by atoms with E-state index >= 15 is 0 Å². The summed E-state index contributed by atoms with van der Waals surface area (Å²) in [4.78, 5) is 0. The lowest BCUT2D eigenvalue weighted by molar-refractivity contribution is 0.170. The summed E-state index contributed by atoms with van der Waals surface area (Å²) in [7, 11) is 1.60. The smallest absolute Gasteiger partial charge is 0.125 e. The first-order valence-electron chi connectivity index (χ1n) is 5.87. The molecule has 0 saturated heterocycles. The predicted molar refractivity (Wildman–Crippen MR) is 68.7 cm³/mol. The maximum atomic E-state index is 10.1. The molecular formula is C13H18ClNO2. The number of aliphatic hydroxyl groups is 1. The Morgan fingerprint density at radius 1 is 1.53 bits per heavy atom. The van der Waals surface area contributed by atoms with E-state index in [1.54, 1.807) is 13.2 Å². The molecule has 0 aromatic heterocycles. The van der Waals surface area contributed by atoms with E-state index in [0.29, 0.717) is 23.4 Å². The first-order valence-corrected chi connectivity index (χ1v) is 6.25. The number of ether oxygens (including phenoxy) is 1. The van der Waals surface area contributed by atoms with Crippen molar-refractivity contribution in [3.8, 4) is 5.75 Å². The van der Waals surface area contributed by atoms with Crippen molar-refractivity contribution < 1.29 is 9.84 Å². The third-order valence-electron chi connectivity index (χ3n) is 3.05. The number of rotatable bonds is 5. The van der Waals surface area contributed by atoms with Crippen LogP contribution in [0.25, 0.3) is 0 Å². The van der Waals surface area contributed by atoms with Crippen molar-refractivity contribution in [3.63, 3.8) is 0 Å². The minimum atomic E-state index is -0.580. The lowest BCUT2D eigenvalue weighted by Crippen LogP contribution is -2.23. The van der Waals surface area contributed by atoms with Gasteiger partial charge in [0.2, 0.25) is 0 Å². The van der Waals surface area contributed by atoms with Crippen molar-refractivity contribution in [3.05, 3.63) is 28.3 Å². The van der Waals surface area contributed by atoms with Crippen LogP contribution < -0.4 is 10.1 Å². The lowest BCUT2D eigenvalue weighted by atomic mass is 10.1. The Kier molecular flexibility index (Phi) is 3.92. The molecule has 1 aliphatic rings. The molecule has 2 rings (SSSR count). The number of aryl methyl sites for hydroxylation is 1. The van der Waals surface area contributed by atoms with Crippen LogP contribution in [0.5, 0.6) is 5.75 Å². The zero-order valence-corrected chi connectivity index (χ0v) is 10.9. The average molecular weight is 256 g/mol. The first-order chi connectivity index (χ1) is 8.11. The van der Waals surface area contributed by atoms with Gasteiger partial charge < -0.3 is 15.2 Å². The molecule has 94 valence electrons. The Hall–Kier alpha value is -0.770. The van der Waals surface area contributed by atoms with Crippen molar-refractivity contribution in [2.24, 2.45) is 0 Å². The lowest BCUT2D eigenvalue weighted by Gasteiger charge is -2.16. The molecule has 0 aliphatic heterocycles. The monoisotopic (exact) mass is 255 g/mol. The third-order valence-corrected chi connectivity index (χ3v) is 3.45. The molecule has 17 heavy (non-hydrogen) atoms. The van der Waals surface area contributed by atoms with E-state index in [4.69, 9.17) is 16.3 Å². The summed E-state index contributed by atoms with van der Waals surface area (Å²) in [6, 6.07) is 4.23. The highest BCUT2D eigenvalue weighted by Gasteiger charge is 2.23. The molecule has 4 heteroatoms. The van der Waals surface area contributed by atoms with Crippen LogP contribution in [-0.2, 0) is 0 Å². The largest absolute Gasteiger partial charge is 0.496 e. The maximum absolute atomic E-state index is 10.1. The molecule has 0 radical (unpaired) electrons. The molecule has 3 nitrogen and oxygen atoms in total. The fraction of sp³-hybridized carbons (Fsp3) is 0.538. The van der Waals surface area contributed by atoms with Crippen molar-refractivity contribution >= 4 is 11.6 Å². The first kappa shape index (κ1) is 12.7. The number of halogens is 1. The van der Waals surface area contributed by atoms with Gasteiger partial charge >= 0.3 is 0 Å². The SMILES string of the molecule is COc1cc(C)c(Cl)cc1C(O)CNC1CC1. The minimum absolute atomic E-state index is 0.542. The highest BCUT2D eigenvalue weighted by atomic mass is 35.5. The van der Waals surface area contributed by atoms with E-state index in [1.807, 2.05) is 13.0 Å². The normalized spacial score (nSPS) is 16.9. The number of hydrogen-bond acceptors (Lipinski definition) is 3. The van der Waals surface area contributed by atoms with E-state index in [1.165, 1.54) is 12.8 Å².